The van der Waals surface area contributed by atoms with Gasteiger partial charge in [-0.2, -0.15) is 5.26 Å². The zero-order valence-corrected chi connectivity index (χ0v) is 15.4. The first-order chi connectivity index (χ1) is 14.4. The molecular weight excluding hydrogens is 355 g/mol. The van der Waals surface area contributed by atoms with E-state index in [1.807, 2.05) is 24.3 Å². The van der Waals surface area contributed by atoms with E-state index in [9.17, 15) is 5.26 Å². The summed E-state index contributed by atoms with van der Waals surface area (Å²) in [5.74, 6) is 1.73. The van der Waals surface area contributed by atoms with Crippen LogP contribution in [0.4, 0.5) is 0 Å². The van der Waals surface area contributed by atoms with Gasteiger partial charge < -0.3 is 9.30 Å². The Labute approximate surface area is 167 Å². The number of ether oxygens (including phenoxy) is 1. The number of benzene rings is 4. The second-order valence-corrected chi connectivity index (χ2v) is 7.65. The van der Waals surface area contributed by atoms with Crippen molar-refractivity contribution in [2.24, 2.45) is 0 Å². The van der Waals surface area contributed by atoms with Crippen LogP contribution in [0.2, 0.25) is 0 Å². The maximum Gasteiger partial charge on any atom is 0.256 e. The van der Waals surface area contributed by atoms with Crippen LogP contribution in [0.1, 0.15) is 5.56 Å². The molecule has 0 saturated heterocycles. The quantitative estimate of drug-likeness (QED) is 0.384. The molecule has 4 heteroatoms. The molecule has 7 rings (SSSR count). The fraction of sp³-hybridized carbons (Fsp3) is 0. The average Bonchev–Trinajstić information content (AvgIpc) is 3.12. The maximum atomic E-state index is 9.97. The van der Waals surface area contributed by atoms with Crippen molar-refractivity contribution in [3.05, 3.63) is 84.4 Å². The van der Waals surface area contributed by atoms with E-state index in [0.717, 1.165) is 33.6 Å². The van der Waals surface area contributed by atoms with Crippen LogP contribution in [0.25, 0.3) is 27.5 Å². The van der Waals surface area contributed by atoms with Crippen LogP contribution in [0.5, 0.6) is 11.5 Å². The number of nitriles is 1. The lowest BCUT2D eigenvalue weighted by Gasteiger charge is -2.33. The maximum absolute atomic E-state index is 9.97. The first-order valence-corrected chi connectivity index (χ1v) is 9.73. The summed E-state index contributed by atoms with van der Waals surface area (Å²) in [6, 6.07) is 29.5. The number of nitrogens with zero attached hydrogens (tertiary/aromatic N) is 2. The molecule has 0 fully saturated rings. The predicted octanol–water partition coefficient (Wildman–Crippen LogP) is 3.59. The normalized spacial score (nSPS) is 13.0. The number of hydrogen-bond donors (Lipinski definition) is 0. The lowest BCUT2D eigenvalue weighted by molar-refractivity contribution is 0.487. The minimum absolute atomic E-state index is 0.0544. The van der Waals surface area contributed by atoms with Gasteiger partial charge in [-0.25, -0.2) is 0 Å². The summed E-state index contributed by atoms with van der Waals surface area (Å²) in [6.07, 6.45) is 0. The molecule has 29 heavy (non-hydrogen) atoms. The van der Waals surface area contributed by atoms with Crippen LogP contribution in [-0.4, -0.2) is 11.3 Å². The number of hydrogen-bond acceptors (Lipinski definition) is 2. The van der Waals surface area contributed by atoms with Gasteiger partial charge in [0.25, 0.3) is 6.71 Å². The van der Waals surface area contributed by atoms with Crippen molar-refractivity contribution in [3.8, 4) is 23.3 Å². The molecular formula is C25H13BN2O. The highest BCUT2D eigenvalue weighted by Gasteiger charge is 2.41. The first kappa shape index (κ1) is 15.0. The number of aromatic nitrogens is 1. The lowest BCUT2D eigenvalue weighted by Crippen LogP contribution is -2.58. The molecule has 0 bridgehead atoms. The van der Waals surface area contributed by atoms with Crippen molar-refractivity contribution in [1.29, 1.82) is 5.26 Å². The van der Waals surface area contributed by atoms with Gasteiger partial charge >= 0.3 is 0 Å². The summed E-state index contributed by atoms with van der Waals surface area (Å²) >= 11 is 0. The topological polar surface area (TPSA) is 38.0 Å². The van der Waals surface area contributed by atoms with Crippen LogP contribution >= 0.6 is 0 Å². The summed E-state index contributed by atoms with van der Waals surface area (Å²) < 4.78 is 8.57. The van der Waals surface area contributed by atoms with Crippen LogP contribution < -0.4 is 21.1 Å². The van der Waals surface area contributed by atoms with E-state index in [4.69, 9.17) is 4.74 Å². The summed E-state index contributed by atoms with van der Waals surface area (Å²) in [6.45, 7) is 0.0544. The second-order valence-electron chi connectivity index (χ2n) is 7.65. The molecule has 1 aromatic heterocycles. The van der Waals surface area contributed by atoms with Crippen molar-refractivity contribution in [1.82, 2.24) is 4.57 Å². The Kier molecular flexibility index (Phi) is 2.64. The number of rotatable bonds is 0. The van der Waals surface area contributed by atoms with Gasteiger partial charge in [-0.3, -0.25) is 0 Å². The smallest absolute Gasteiger partial charge is 0.256 e. The third-order valence-corrected chi connectivity index (χ3v) is 6.30. The van der Waals surface area contributed by atoms with Crippen molar-refractivity contribution in [3.63, 3.8) is 0 Å². The van der Waals surface area contributed by atoms with E-state index in [1.54, 1.807) is 0 Å². The SMILES string of the molecule is N#Cc1ccc2c3c1-n1c4ccccc4c4cccc(c41)B3c1ccccc1O2. The van der Waals surface area contributed by atoms with E-state index in [2.05, 4.69) is 65.2 Å². The fourth-order valence-electron chi connectivity index (χ4n) is 5.21. The Balaban J connectivity index is 1.78. The monoisotopic (exact) mass is 368 g/mol. The first-order valence-electron chi connectivity index (χ1n) is 9.73. The second kappa shape index (κ2) is 5.09. The van der Waals surface area contributed by atoms with E-state index in [0.29, 0.717) is 5.56 Å². The molecule has 0 N–H and O–H groups in total. The molecule has 3 nitrogen and oxygen atoms in total. The van der Waals surface area contributed by atoms with Gasteiger partial charge in [-0.15, -0.1) is 0 Å². The summed E-state index contributed by atoms with van der Waals surface area (Å²) in [5, 5.41) is 12.4. The molecule has 0 atom stereocenters. The minimum atomic E-state index is 0.0544. The summed E-state index contributed by atoms with van der Waals surface area (Å²) in [4.78, 5) is 0. The molecule has 0 unspecified atom stereocenters. The van der Waals surface area contributed by atoms with Crippen molar-refractivity contribution in [2.45, 2.75) is 0 Å². The molecule has 5 aromatic rings. The zero-order chi connectivity index (χ0) is 19.1. The Morgan fingerprint density at radius 3 is 2.48 bits per heavy atom. The van der Waals surface area contributed by atoms with Gasteiger partial charge in [-0.05, 0) is 40.7 Å². The predicted molar refractivity (Wildman–Crippen MR) is 117 cm³/mol. The molecule has 4 aromatic carbocycles. The molecule has 0 aliphatic carbocycles. The van der Waals surface area contributed by atoms with Gasteiger partial charge in [0.05, 0.1) is 16.8 Å². The van der Waals surface area contributed by atoms with Crippen LogP contribution in [0, 0.1) is 11.3 Å². The molecule has 3 heterocycles. The highest BCUT2D eigenvalue weighted by atomic mass is 16.5. The fourth-order valence-corrected chi connectivity index (χ4v) is 5.21. The van der Waals surface area contributed by atoms with E-state index < -0.39 is 0 Å². The Morgan fingerprint density at radius 2 is 1.55 bits per heavy atom. The Hall–Kier alpha value is -3.97. The molecule has 0 amide bonds. The molecule has 2 aliphatic rings. The standard InChI is InChI=1S/C25H13BN2O/c27-14-15-12-13-22-23-24(15)28-20-10-3-1-6-16(20)17-7-5-9-19(25(17)28)26(23)18-8-2-4-11-21(18)29-22/h1-13H. The van der Waals surface area contributed by atoms with Crippen molar-refractivity contribution < 1.29 is 4.74 Å². The minimum Gasteiger partial charge on any atom is -0.458 e. The Bertz CT molecular complexity index is 1560. The lowest BCUT2D eigenvalue weighted by atomic mass is 9.34. The van der Waals surface area contributed by atoms with Crippen molar-refractivity contribution in [2.75, 3.05) is 0 Å². The van der Waals surface area contributed by atoms with Gasteiger partial charge in [0.15, 0.2) is 0 Å². The zero-order valence-electron chi connectivity index (χ0n) is 15.4. The Morgan fingerprint density at radius 1 is 0.759 bits per heavy atom. The summed E-state index contributed by atoms with van der Waals surface area (Å²) in [5.41, 5.74) is 7.44. The van der Waals surface area contributed by atoms with E-state index in [1.165, 1.54) is 21.8 Å². The van der Waals surface area contributed by atoms with Gasteiger partial charge in [0, 0.05) is 16.3 Å². The van der Waals surface area contributed by atoms with Crippen molar-refractivity contribution >= 4 is 44.9 Å². The largest absolute Gasteiger partial charge is 0.458 e. The highest BCUT2D eigenvalue weighted by molar-refractivity contribution is 6.99. The van der Waals surface area contributed by atoms with Gasteiger partial charge in [0.2, 0.25) is 0 Å². The highest BCUT2D eigenvalue weighted by Crippen LogP contribution is 2.37. The van der Waals surface area contributed by atoms with Crippen LogP contribution in [0.3, 0.4) is 0 Å². The molecule has 0 spiro atoms. The molecule has 2 aliphatic heterocycles. The van der Waals surface area contributed by atoms with Crippen LogP contribution in [-0.2, 0) is 0 Å². The number of fused-ring (bicyclic) bond motifs is 7. The molecule has 0 saturated carbocycles. The van der Waals surface area contributed by atoms with Gasteiger partial charge in [-0.1, -0.05) is 54.6 Å². The third-order valence-electron chi connectivity index (χ3n) is 6.30. The third kappa shape index (κ3) is 1.69. The van der Waals surface area contributed by atoms with E-state index in [-0.39, 0.29) is 6.71 Å². The number of para-hydroxylation sites is 3. The average molecular weight is 368 g/mol. The molecule has 0 radical (unpaired) electrons. The van der Waals surface area contributed by atoms with Gasteiger partial charge in [0.1, 0.15) is 17.6 Å². The van der Waals surface area contributed by atoms with Crippen LogP contribution in [0.15, 0.2) is 78.9 Å². The summed E-state index contributed by atoms with van der Waals surface area (Å²) in [7, 11) is 0. The molecule has 132 valence electrons. The van der Waals surface area contributed by atoms with E-state index >= 15 is 0 Å².